The molecule has 2 nitrogen and oxygen atoms in total. The molecule has 0 heterocycles. The summed E-state index contributed by atoms with van der Waals surface area (Å²) >= 11 is 12.6. The summed E-state index contributed by atoms with van der Waals surface area (Å²) in [6.07, 6.45) is 12.9. The van der Waals surface area contributed by atoms with Gasteiger partial charge in [0.05, 0.1) is 5.71 Å². The lowest BCUT2D eigenvalue weighted by atomic mass is 10.0. The van der Waals surface area contributed by atoms with Crippen LogP contribution in [0.3, 0.4) is 0 Å². The minimum atomic E-state index is 0.163. The SMILES string of the molecule is CCCCCCCCCCCCN=C(c1cc(Cl)ccc1O)c1ccccc1Cl. The number of hydrogen-bond acceptors (Lipinski definition) is 2. The molecule has 0 atom stereocenters. The van der Waals surface area contributed by atoms with Crippen molar-refractivity contribution in [1.82, 2.24) is 0 Å². The normalized spacial score (nSPS) is 11.8. The summed E-state index contributed by atoms with van der Waals surface area (Å²) in [7, 11) is 0. The molecule has 0 amide bonds. The van der Waals surface area contributed by atoms with Gasteiger partial charge in [0.1, 0.15) is 5.75 Å². The second-order valence-electron chi connectivity index (χ2n) is 7.55. The summed E-state index contributed by atoms with van der Waals surface area (Å²) in [5.74, 6) is 0.163. The first-order chi connectivity index (χ1) is 14.1. The average Bonchev–Trinajstić information content (AvgIpc) is 2.72. The number of halogens is 2. The molecule has 1 N–H and O–H groups in total. The molecule has 29 heavy (non-hydrogen) atoms. The lowest BCUT2D eigenvalue weighted by Crippen LogP contribution is -2.06. The first-order valence-electron chi connectivity index (χ1n) is 10.9. The lowest BCUT2D eigenvalue weighted by molar-refractivity contribution is 0.474. The van der Waals surface area contributed by atoms with Gasteiger partial charge in [0.2, 0.25) is 0 Å². The molecule has 2 rings (SSSR count). The predicted octanol–water partition coefficient (Wildman–Crippen LogP) is 8.46. The summed E-state index contributed by atoms with van der Waals surface area (Å²) in [5.41, 5.74) is 2.14. The molecule has 2 aromatic carbocycles. The molecule has 0 saturated heterocycles. The number of phenols is 1. The van der Waals surface area contributed by atoms with Gasteiger partial charge >= 0.3 is 0 Å². The number of unbranched alkanes of at least 4 members (excludes halogenated alkanes) is 9. The molecule has 0 aliphatic carbocycles. The van der Waals surface area contributed by atoms with Gasteiger partial charge in [-0.3, -0.25) is 4.99 Å². The van der Waals surface area contributed by atoms with E-state index in [0.29, 0.717) is 27.9 Å². The maximum absolute atomic E-state index is 10.4. The van der Waals surface area contributed by atoms with Crippen LogP contribution in [-0.4, -0.2) is 17.4 Å². The second-order valence-corrected chi connectivity index (χ2v) is 8.40. The molecule has 0 saturated carbocycles. The Kier molecular flexibility index (Phi) is 11.2. The van der Waals surface area contributed by atoms with Crippen LogP contribution in [0, 0.1) is 0 Å². The van der Waals surface area contributed by atoms with Crippen molar-refractivity contribution in [1.29, 1.82) is 0 Å². The standard InChI is InChI=1S/C25H33Cl2NO/c1-2-3-4-5-6-7-8-9-10-13-18-28-25(21-14-11-12-15-23(21)27)22-19-20(26)16-17-24(22)29/h11-12,14-17,19,29H,2-10,13,18H2,1H3. The van der Waals surface area contributed by atoms with Crippen molar-refractivity contribution in [2.24, 2.45) is 4.99 Å². The van der Waals surface area contributed by atoms with E-state index in [-0.39, 0.29) is 5.75 Å². The molecule has 0 fully saturated rings. The number of hydrogen-bond donors (Lipinski definition) is 1. The number of nitrogens with zero attached hydrogens (tertiary/aromatic N) is 1. The van der Waals surface area contributed by atoms with Crippen molar-refractivity contribution in [2.45, 2.75) is 71.1 Å². The van der Waals surface area contributed by atoms with Gasteiger partial charge in [-0.2, -0.15) is 0 Å². The lowest BCUT2D eigenvalue weighted by Gasteiger charge is -2.12. The summed E-state index contributed by atoms with van der Waals surface area (Å²) in [6, 6.07) is 12.6. The first kappa shape index (κ1) is 23.8. The Morgan fingerprint density at radius 2 is 1.41 bits per heavy atom. The van der Waals surface area contributed by atoms with Crippen LogP contribution in [0.4, 0.5) is 0 Å². The third-order valence-electron chi connectivity index (χ3n) is 5.12. The molecule has 0 bridgehead atoms. The number of aromatic hydroxyl groups is 1. The summed E-state index contributed by atoms with van der Waals surface area (Å²) < 4.78 is 0. The van der Waals surface area contributed by atoms with Gasteiger partial charge < -0.3 is 5.11 Å². The van der Waals surface area contributed by atoms with E-state index in [0.717, 1.165) is 12.0 Å². The Balaban J connectivity index is 1.91. The maximum atomic E-state index is 10.4. The van der Waals surface area contributed by atoms with Crippen molar-refractivity contribution < 1.29 is 5.11 Å². The highest BCUT2D eigenvalue weighted by molar-refractivity contribution is 6.36. The number of aliphatic imine (C=N–C) groups is 1. The molecule has 0 unspecified atom stereocenters. The largest absolute Gasteiger partial charge is 0.507 e. The molecular formula is C25H33Cl2NO. The van der Waals surface area contributed by atoms with Crippen molar-refractivity contribution in [3.05, 3.63) is 63.6 Å². The van der Waals surface area contributed by atoms with E-state index in [2.05, 4.69) is 6.92 Å². The topological polar surface area (TPSA) is 32.6 Å². The zero-order valence-electron chi connectivity index (χ0n) is 17.5. The van der Waals surface area contributed by atoms with Crippen molar-refractivity contribution in [3.63, 3.8) is 0 Å². The van der Waals surface area contributed by atoms with Crippen LogP contribution in [0.5, 0.6) is 5.75 Å². The van der Waals surface area contributed by atoms with Crippen molar-refractivity contribution in [2.75, 3.05) is 6.54 Å². The van der Waals surface area contributed by atoms with Gasteiger partial charge in [-0.05, 0) is 30.7 Å². The molecule has 0 aliphatic heterocycles. The zero-order chi connectivity index (χ0) is 20.9. The quantitative estimate of drug-likeness (QED) is 0.249. The van der Waals surface area contributed by atoms with Crippen LogP contribution < -0.4 is 0 Å². The first-order valence-corrected chi connectivity index (χ1v) is 11.7. The fourth-order valence-corrected chi connectivity index (χ4v) is 3.85. The molecule has 158 valence electrons. The van der Waals surface area contributed by atoms with Crippen LogP contribution in [-0.2, 0) is 0 Å². The van der Waals surface area contributed by atoms with Crippen LogP contribution in [0.15, 0.2) is 47.5 Å². The summed E-state index contributed by atoms with van der Waals surface area (Å²) in [5, 5.41) is 11.5. The molecule has 0 radical (unpaired) electrons. The Bertz CT molecular complexity index is 773. The third-order valence-corrected chi connectivity index (χ3v) is 5.69. The Labute approximate surface area is 186 Å². The van der Waals surface area contributed by atoms with E-state index in [1.165, 1.54) is 57.8 Å². The third kappa shape index (κ3) is 8.40. The molecule has 0 spiro atoms. The fourth-order valence-electron chi connectivity index (χ4n) is 3.46. The highest BCUT2D eigenvalue weighted by Crippen LogP contribution is 2.28. The van der Waals surface area contributed by atoms with Crippen LogP contribution in [0.2, 0.25) is 10.0 Å². The van der Waals surface area contributed by atoms with Gasteiger partial charge in [0, 0.05) is 27.7 Å². The Morgan fingerprint density at radius 3 is 2.07 bits per heavy atom. The van der Waals surface area contributed by atoms with Crippen molar-refractivity contribution in [3.8, 4) is 5.75 Å². The van der Waals surface area contributed by atoms with Gasteiger partial charge in [-0.1, -0.05) is 106 Å². The zero-order valence-corrected chi connectivity index (χ0v) is 19.0. The van der Waals surface area contributed by atoms with E-state index >= 15 is 0 Å². The highest BCUT2D eigenvalue weighted by atomic mass is 35.5. The summed E-state index contributed by atoms with van der Waals surface area (Å²) in [6.45, 7) is 2.97. The van der Waals surface area contributed by atoms with E-state index in [9.17, 15) is 5.11 Å². The molecule has 4 heteroatoms. The fraction of sp³-hybridized carbons (Fsp3) is 0.480. The van der Waals surface area contributed by atoms with Gasteiger partial charge in [-0.25, -0.2) is 0 Å². The van der Waals surface area contributed by atoms with Gasteiger partial charge in [0.25, 0.3) is 0 Å². The number of benzene rings is 2. The Morgan fingerprint density at radius 1 is 0.793 bits per heavy atom. The van der Waals surface area contributed by atoms with E-state index in [1.54, 1.807) is 18.2 Å². The van der Waals surface area contributed by atoms with E-state index in [4.69, 9.17) is 28.2 Å². The minimum Gasteiger partial charge on any atom is -0.507 e. The van der Waals surface area contributed by atoms with Gasteiger partial charge in [0.15, 0.2) is 0 Å². The monoisotopic (exact) mass is 433 g/mol. The van der Waals surface area contributed by atoms with Crippen molar-refractivity contribution >= 4 is 28.9 Å². The van der Waals surface area contributed by atoms with Gasteiger partial charge in [-0.15, -0.1) is 0 Å². The predicted molar refractivity (Wildman–Crippen MR) is 127 cm³/mol. The maximum Gasteiger partial charge on any atom is 0.125 e. The molecule has 0 aromatic heterocycles. The van der Waals surface area contributed by atoms with Crippen LogP contribution >= 0.6 is 23.2 Å². The van der Waals surface area contributed by atoms with Crippen LogP contribution in [0.1, 0.15) is 82.3 Å². The number of phenolic OH excluding ortho intramolecular Hbond substituents is 1. The molecule has 0 aliphatic rings. The molecular weight excluding hydrogens is 401 g/mol. The Hall–Kier alpha value is -1.51. The molecule has 2 aromatic rings. The number of rotatable bonds is 13. The van der Waals surface area contributed by atoms with Crippen LogP contribution in [0.25, 0.3) is 0 Å². The summed E-state index contributed by atoms with van der Waals surface area (Å²) in [4.78, 5) is 4.81. The minimum absolute atomic E-state index is 0.163. The second kappa shape index (κ2) is 13.7. The smallest absolute Gasteiger partial charge is 0.125 e. The van der Waals surface area contributed by atoms with E-state index < -0.39 is 0 Å². The average molecular weight is 434 g/mol. The highest BCUT2D eigenvalue weighted by Gasteiger charge is 2.14. The van der Waals surface area contributed by atoms with E-state index in [1.807, 2.05) is 24.3 Å².